The number of nitrogens with one attached hydrogen (secondary N) is 1. The maximum atomic E-state index is 13.5. The van der Waals surface area contributed by atoms with Crippen molar-refractivity contribution >= 4 is 48.3 Å². The number of benzene rings is 3. The van der Waals surface area contributed by atoms with Crippen molar-refractivity contribution in [2.45, 2.75) is 18.7 Å². The molecule has 0 aliphatic heterocycles. The van der Waals surface area contributed by atoms with E-state index in [1.807, 2.05) is 32.0 Å². The van der Waals surface area contributed by atoms with Crippen LogP contribution in [0.15, 0.2) is 65.6 Å². The predicted molar refractivity (Wildman–Crippen MR) is 143 cm³/mol. The fourth-order valence-electron chi connectivity index (χ4n) is 3.53. The van der Waals surface area contributed by atoms with Crippen LogP contribution in [0.5, 0.6) is 0 Å². The molecule has 0 aliphatic rings. The third-order valence-electron chi connectivity index (χ3n) is 5.75. The zero-order valence-electron chi connectivity index (χ0n) is 20.4. The Kier molecular flexibility index (Phi) is 7.39. The first kappa shape index (κ1) is 25.7. The summed E-state index contributed by atoms with van der Waals surface area (Å²) in [6.07, 6.45) is 0. The van der Waals surface area contributed by atoms with Crippen molar-refractivity contribution in [2.75, 3.05) is 36.8 Å². The van der Waals surface area contributed by atoms with Gasteiger partial charge in [0.25, 0.3) is 15.9 Å². The highest BCUT2D eigenvalue weighted by molar-refractivity contribution is 7.92. The van der Waals surface area contributed by atoms with E-state index in [0.717, 1.165) is 27.9 Å². The standard InChI is InChI=1S/C26H27FN4O3S2/c1-17-15-23-24(16-18(17)2)35-26(28-23)31(14-13-30(3)4)25(32)19-5-9-21(10-6-19)29-36(33,34)22-11-7-20(27)8-12-22/h5-12,15-16,29H,13-14H2,1-4H3. The third kappa shape index (κ3) is 5.72. The summed E-state index contributed by atoms with van der Waals surface area (Å²) >= 11 is 1.47. The number of thiazole rings is 1. The van der Waals surface area contributed by atoms with Crippen molar-refractivity contribution in [3.05, 3.63) is 83.2 Å². The Bertz CT molecular complexity index is 1460. The first-order chi connectivity index (χ1) is 17.0. The van der Waals surface area contributed by atoms with Crippen molar-refractivity contribution in [3.63, 3.8) is 0 Å². The number of anilines is 2. The van der Waals surface area contributed by atoms with E-state index in [1.54, 1.807) is 17.0 Å². The maximum Gasteiger partial charge on any atom is 0.261 e. The number of aryl methyl sites for hydroxylation is 2. The Balaban J connectivity index is 1.59. The van der Waals surface area contributed by atoms with E-state index in [1.165, 1.54) is 41.2 Å². The number of hydrogen-bond acceptors (Lipinski definition) is 6. The molecule has 0 saturated carbocycles. The van der Waals surface area contributed by atoms with E-state index in [2.05, 4.69) is 17.7 Å². The smallest absolute Gasteiger partial charge is 0.261 e. The van der Waals surface area contributed by atoms with Crippen LogP contribution in [-0.4, -0.2) is 51.4 Å². The predicted octanol–water partition coefficient (Wildman–Crippen LogP) is 5.06. The minimum Gasteiger partial charge on any atom is -0.308 e. The number of aromatic nitrogens is 1. The Morgan fingerprint density at radius 2 is 1.61 bits per heavy atom. The van der Waals surface area contributed by atoms with Crippen molar-refractivity contribution in [1.82, 2.24) is 9.88 Å². The molecule has 36 heavy (non-hydrogen) atoms. The molecule has 4 aromatic rings. The Morgan fingerprint density at radius 1 is 0.972 bits per heavy atom. The summed E-state index contributed by atoms with van der Waals surface area (Å²) in [6.45, 7) is 5.18. The number of carbonyl (C=O) groups excluding carboxylic acids is 1. The first-order valence-electron chi connectivity index (χ1n) is 11.3. The van der Waals surface area contributed by atoms with Crippen molar-refractivity contribution in [2.24, 2.45) is 0 Å². The van der Waals surface area contributed by atoms with E-state index in [-0.39, 0.29) is 10.8 Å². The molecule has 0 radical (unpaired) electrons. The number of fused-ring (bicyclic) bond motifs is 1. The van der Waals surface area contributed by atoms with Gasteiger partial charge in [0.1, 0.15) is 5.82 Å². The topological polar surface area (TPSA) is 82.6 Å². The number of amides is 1. The highest BCUT2D eigenvalue weighted by Gasteiger charge is 2.22. The summed E-state index contributed by atoms with van der Waals surface area (Å²) in [5.41, 5.74) is 3.87. The van der Waals surface area contributed by atoms with Crippen LogP contribution in [0.4, 0.5) is 15.2 Å². The van der Waals surface area contributed by atoms with E-state index in [4.69, 9.17) is 4.98 Å². The molecule has 0 fully saturated rings. The molecular weight excluding hydrogens is 499 g/mol. The Morgan fingerprint density at radius 3 is 2.25 bits per heavy atom. The van der Waals surface area contributed by atoms with Gasteiger partial charge < -0.3 is 4.90 Å². The molecular formula is C26H27FN4O3S2. The lowest BCUT2D eigenvalue weighted by molar-refractivity contribution is 0.0985. The second-order valence-corrected chi connectivity index (χ2v) is 11.5. The van der Waals surface area contributed by atoms with Gasteiger partial charge in [-0.05, 0) is 99.7 Å². The minimum atomic E-state index is -3.89. The average molecular weight is 527 g/mol. The van der Waals surface area contributed by atoms with Gasteiger partial charge in [0.15, 0.2) is 5.13 Å². The van der Waals surface area contributed by atoms with E-state index in [0.29, 0.717) is 29.5 Å². The van der Waals surface area contributed by atoms with Gasteiger partial charge in [0, 0.05) is 24.3 Å². The van der Waals surface area contributed by atoms with Crippen LogP contribution in [0, 0.1) is 19.7 Å². The molecule has 1 amide bonds. The summed E-state index contributed by atoms with van der Waals surface area (Å²) in [6, 6.07) is 14.9. The molecule has 3 aromatic carbocycles. The molecule has 1 N–H and O–H groups in total. The first-order valence-corrected chi connectivity index (χ1v) is 13.6. The second kappa shape index (κ2) is 10.3. The summed E-state index contributed by atoms with van der Waals surface area (Å²) in [7, 11) is -0.00800. The van der Waals surface area contributed by atoms with Crippen LogP contribution in [0.2, 0.25) is 0 Å². The molecule has 0 aliphatic carbocycles. The molecule has 10 heteroatoms. The van der Waals surface area contributed by atoms with E-state index < -0.39 is 15.8 Å². The zero-order valence-corrected chi connectivity index (χ0v) is 22.1. The fraction of sp³-hybridized carbons (Fsp3) is 0.231. The Hall–Kier alpha value is -3.34. The number of likely N-dealkylation sites (N-methyl/N-ethyl adjacent to an activating group) is 1. The molecule has 0 unspecified atom stereocenters. The lowest BCUT2D eigenvalue weighted by Crippen LogP contribution is -2.36. The summed E-state index contributed by atoms with van der Waals surface area (Å²) < 4.78 is 41.8. The quantitative estimate of drug-likeness (QED) is 0.347. The summed E-state index contributed by atoms with van der Waals surface area (Å²) in [5, 5.41) is 0.614. The molecule has 0 spiro atoms. The molecule has 7 nitrogen and oxygen atoms in total. The minimum absolute atomic E-state index is 0.0553. The normalized spacial score (nSPS) is 11.7. The van der Waals surface area contributed by atoms with Crippen LogP contribution in [-0.2, 0) is 10.0 Å². The molecule has 1 aromatic heterocycles. The van der Waals surface area contributed by atoms with Crippen LogP contribution in [0.3, 0.4) is 0 Å². The van der Waals surface area contributed by atoms with Gasteiger partial charge in [0.2, 0.25) is 0 Å². The lowest BCUT2D eigenvalue weighted by Gasteiger charge is -2.22. The molecule has 188 valence electrons. The van der Waals surface area contributed by atoms with Gasteiger partial charge in [-0.15, -0.1) is 0 Å². The van der Waals surface area contributed by atoms with Gasteiger partial charge >= 0.3 is 0 Å². The molecule has 4 rings (SSSR count). The van der Waals surface area contributed by atoms with Crippen LogP contribution >= 0.6 is 11.3 Å². The van der Waals surface area contributed by atoms with Gasteiger partial charge in [-0.3, -0.25) is 14.4 Å². The maximum absolute atomic E-state index is 13.5. The molecule has 0 saturated heterocycles. The van der Waals surface area contributed by atoms with E-state index >= 15 is 0 Å². The number of rotatable bonds is 8. The fourth-order valence-corrected chi connectivity index (χ4v) is 5.66. The van der Waals surface area contributed by atoms with Crippen LogP contribution in [0.25, 0.3) is 10.2 Å². The largest absolute Gasteiger partial charge is 0.308 e. The number of sulfonamides is 1. The van der Waals surface area contributed by atoms with Crippen LogP contribution < -0.4 is 9.62 Å². The van der Waals surface area contributed by atoms with Gasteiger partial charge in [-0.2, -0.15) is 0 Å². The molecule has 0 atom stereocenters. The van der Waals surface area contributed by atoms with E-state index in [9.17, 15) is 17.6 Å². The second-order valence-electron chi connectivity index (χ2n) is 8.80. The summed E-state index contributed by atoms with van der Waals surface area (Å²) in [5.74, 6) is -0.744. The lowest BCUT2D eigenvalue weighted by atomic mass is 10.1. The van der Waals surface area contributed by atoms with Crippen molar-refractivity contribution in [1.29, 1.82) is 0 Å². The molecule has 1 heterocycles. The van der Waals surface area contributed by atoms with Crippen LogP contribution in [0.1, 0.15) is 21.5 Å². The zero-order chi connectivity index (χ0) is 26.0. The Labute approximate surface area is 214 Å². The average Bonchev–Trinajstić information content (AvgIpc) is 3.21. The van der Waals surface area contributed by atoms with Crippen molar-refractivity contribution < 1.29 is 17.6 Å². The number of nitrogens with zero attached hydrogens (tertiary/aromatic N) is 3. The van der Waals surface area contributed by atoms with Crippen molar-refractivity contribution in [3.8, 4) is 0 Å². The van der Waals surface area contributed by atoms with Gasteiger partial charge in [-0.25, -0.2) is 17.8 Å². The van der Waals surface area contributed by atoms with Gasteiger partial charge in [0.05, 0.1) is 15.1 Å². The van der Waals surface area contributed by atoms with Gasteiger partial charge in [-0.1, -0.05) is 11.3 Å². The number of hydrogen-bond donors (Lipinski definition) is 1. The third-order valence-corrected chi connectivity index (χ3v) is 8.19. The number of carbonyl (C=O) groups is 1. The SMILES string of the molecule is Cc1cc2nc(N(CCN(C)C)C(=O)c3ccc(NS(=O)(=O)c4ccc(F)cc4)cc3)sc2cc1C. The molecule has 0 bridgehead atoms. The highest BCUT2D eigenvalue weighted by Crippen LogP contribution is 2.31. The highest BCUT2D eigenvalue weighted by atomic mass is 32.2. The number of halogens is 1. The monoisotopic (exact) mass is 526 g/mol. The summed E-state index contributed by atoms with van der Waals surface area (Å²) in [4.78, 5) is 21.9.